The van der Waals surface area contributed by atoms with Gasteiger partial charge in [0.1, 0.15) is 0 Å². The van der Waals surface area contributed by atoms with E-state index in [1.165, 1.54) is 14.1 Å². The summed E-state index contributed by atoms with van der Waals surface area (Å²) in [4.78, 5) is 0. The highest BCUT2D eigenvalue weighted by atomic mass is 31.3. The quantitative estimate of drug-likeness (QED) is 0.715. The van der Waals surface area contributed by atoms with Crippen molar-refractivity contribution in [1.82, 2.24) is 4.67 Å². The van der Waals surface area contributed by atoms with Crippen LogP contribution in [0.3, 0.4) is 0 Å². The molecule has 1 heterocycles. The van der Waals surface area contributed by atoms with Crippen LogP contribution in [0.4, 0.5) is 12.6 Å². The van der Waals surface area contributed by atoms with Crippen LogP contribution in [-0.2, 0) is 9.05 Å². The molecule has 0 spiro atoms. The van der Waals surface area contributed by atoms with Crippen LogP contribution < -0.4 is 0 Å². The van der Waals surface area contributed by atoms with E-state index in [0.29, 0.717) is 0 Å². The molecule has 12 heteroatoms. The van der Waals surface area contributed by atoms with E-state index in [0.717, 1.165) is 18.9 Å². The molecule has 0 aromatic heterocycles. The van der Waals surface area contributed by atoms with Crippen LogP contribution in [0.5, 0.6) is 0 Å². The van der Waals surface area contributed by atoms with Crippen molar-refractivity contribution < 1.29 is 21.6 Å². The van der Waals surface area contributed by atoms with Gasteiger partial charge in [-0.3, -0.25) is 0 Å². The van der Waals surface area contributed by atoms with Crippen molar-refractivity contribution in [1.29, 1.82) is 0 Å². The first-order chi connectivity index (χ1) is 7.19. The summed E-state index contributed by atoms with van der Waals surface area (Å²) >= 11 is 0. The molecular weight excluding hydrogens is 286 g/mol. The SMILES string of the molecule is COP1(F)=NP(F)(OC)=NP(F)(N(C)C)=N1. The van der Waals surface area contributed by atoms with Gasteiger partial charge in [-0.2, -0.15) is 12.6 Å². The summed E-state index contributed by atoms with van der Waals surface area (Å²) in [7, 11) is -8.29. The molecule has 1 rings (SSSR count). The molecule has 0 bridgehead atoms. The molecule has 96 valence electrons. The van der Waals surface area contributed by atoms with Crippen LogP contribution in [0.2, 0.25) is 0 Å². The van der Waals surface area contributed by atoms with Gasteiger partial charge in [-0.15, -0.1) is 13.5 Å². The van der Waals surface area contributed by atoms with Crippen molar-refractivity contribution in [2.45, 2.75) is 0 Å². The highest BCUT2D eigenvalue weighted by molar-refractivity contribution is 7.78. The van der Waals surface area contributed by atoms with Crippen LogP contribution in [0.15, 0.2) is 13.5 Å². The van der Waals surface area contributed by atoms with Gasteiger partial charge < -0.3 is 9.05 Å². The van der Waals surface area contributed by atoms with Crippen molar-refractivity contribution in [3.8, 4) is 0 Å². The molecule has 0 saturated heterocycles. The van der Waals surface area contributed by atoms with E-state index in [1.54, 1.807) is 0 Å². The molecule has 6 nitrogen and oxygen atoms in total. The fourth-order valence-corrected chi connectivity index (χ4v) is 7.95. The lowest BCUT2D eigenvalue weighted by atomic mass is 11.3. The molecular formula is C4H12F3N4O2P3. The largest absolute Gasteiger partial charge is 0.386 e. The first kappa shape index (κ1) is 14.4. The van der Waals surface area contributed by atoms with Gasteiger partial charge in [-0.05, 0) is 14.1 Å². The molecule has 3 atom stereocenters. The molecule has 0 amide bonds. The Morgan fingerprint density at radius 1 is 0.875 bits per heavy atom. The second-order valence-electron chi connectivity index (χ2n) is 2.92. The van der Waals surface area contributed by atoms with Crippen molar-refractivity contribution in [3.63, 3.8) is 0 Å². The number of halogens is 3. The Morgan fingerprint density at radius 3 is 1.69 bits per heavy atom. The topological polar surface area (TPSA) is 58.8 Å². The van der Waals surface area contributed by atoms with E-state index < -0.39 is 23.2 Å². The molecule has 16 heavy (non-hydrogen) atoms. The predicted octanol–water partition coefficient (Wildman–Crippen LogP) is 4.60. The molecule has 0 aromatic carbocycles. The van der Waals surface area contributed by atoms with Crippen LogP contribution in [0.1, 0.15) is 0 Å². The highest BCUT2D eigenvalue weighted by Gasteiger charge is 2.40. The summed E-state index contributed by atoms with van der Waals surface area (Å²) < 4.78 is 60.7. The first-order valence-corrected chi connectivity index (χ1v) is 8.53. The minimum atomic E-state index is -4.32. The van der Waals surface area contributed by atoms with E-state index in [4.69, 9.17) is 0 Å². The molecule has 0 aromatic rings. The average Bonchev–Trinajstić information content (AvgIpc) is 2.16. The fraction of sp³-hybridized carbons (Fsp3) is 1.00. The zero-order valence-electron chi connectivity index (χ0n) is 9.08. The van der Waals surface area contributed by atoms with Gasteiger partial charge in [0.05, 0.1) is 0 Å². The van der Waals surface area contributed by atoms with E-state index in [2.05, 4.69) is 22.6 Å². The zero-order chi connectivity index (χ0) is 12.6. The van der Waals surface area contributed by atoms with Crippen LogP contribution in [0.25, 0.3) is 0 Å². The minimum absolute atomic E-state index is 0.919. The Morgan fingerprint density at radius 2 is 1.31 bits per heavy atom. The standard InChI is InChI=1S/C4H12F3N4O2P3/c1-11(2)14(5)8-15(6,12-3)10-16(7,9-14)13-4/h1-4H3. The Kier molecular flexibility index (Phi) is 4.11. The number of rotatable bonds is 3. The monoisotopic (exact) mass is 298 g/mol. The van der Waals surface area contributed by atoms with E-state index in [9.17, 15) is 12.6 Å². The Bertz CT molecular complexity index is 440. The molecule has 0 aliphatic carbocycles. The van der Waals surface area contributed by atoms with Gasteiger partial charge >= 0.3 is 23.2 Å². The molecule has 0 fully saturated rings. The normalized spacial score (nSPS) is 43.5. The zero-order valence-corrected chi connectivity index (χ0v) is 11.8. The summed E-state index contributed by atoms with van der Waals surface area (Å²) in [5.41, 5.74) is 0. The molecule has 1 aliphatic rings. The van der Waals surface area contributed by atoms with E-state index in [-0.39, 0.29) is 0 Å². The Labute approximate surface area is 92.0 Å². The molecule has 0 N–H and O–H groups in total. The number of hydrogen-bond acceptors (Lipinski definition) is 6. The third kappa shape index (κ3) is 2.78. The van der Waals surface area contributed by atoms with Gasteiger partial charge in [-0.25, -0.2) is 4.67 Å². The van der Waals surface area contributed by atoms with Gasteiger partial charge in [0.2, 0.25) is 0 Å². The third-order valence-electron chi connectivity index (χ3n) is 1.64. The molecule has 0 radical (unpaired) electrons. The molecule has 0 saturated carbocycles. The molecule has 1 aliphatic heterocycles. The number of hydrogen-bond donors (Lipinski definition) is 0. The summed E-state index contributed by atoms with van der Waals surface area (Å²) in [6, 6.07) is 0. The van der Waals surface area contributed by atoms with Crippen molar-refractivity contribution >= 4 is 23.2 Å². The second kappa shape index (κ2) is 4.56. The van der Waals surface area contributed by atoms with Gasteiger partial charge in [0.25, 0.3) is 0 Å². The summed E-state index contributed by atoms with van der Waals surface area (Å²) in [5.74, 6) is 0. The lowest BCUT2D eigenvalue weighted by Gasteiger charge is -2.25. The molecule has 3 unspecified atom stereocenters. The van der Waals surface area contributed by atoms with Gasteiger partial charge in [0.15, 0.2) is 0 Å². The van der Waals surface area contributed by atoms with Crippen LogP contribution >= 0.6 is 23.2 Å². The van der Waals surface area contributed by atoms with E-state index >= 15 is 0 Å². The smallest absolute Gasteiger partial charge is 0.307 e. The minimum Gasteiger partial charge on any atom is -0.307 e. The van der Waals surface area contributed by atoms with Gasteiger partial charge in [-0.1, -0.05) is 0 Å². The average molecular weight is 298 g/mol. The maximum atomic E-state index is 14.1. The van der Waals surface area contributed by atoms with Crippen molar-refractivity contribution in [2.75, 3.05) is 28.3 Å². The second-order valence-corrected chi connectivity index (χ2v) is 9.48. The predicted molar refractivity (Wildman–Crippen MR) is 59.1 cm³/mol. The lowest BCUT2D eigenvalue weighted by Crippen LogP contribution is -2.04. The summed E-state index contributed by atoms with van der Waals surface area (Å²) in [5, 5.41) is 0. The van der Waals surface area contributed by atoms with Crippen molar-refractivity contribution in [3.05, 3.63) is 0 Å². The van der Waals surface area contributed by atoms with Crippen LogP contribution in [0, 0.1) is 0 Å². The first-order valence-electron chi connectivity index (χ1n) is 3.98. The Balaban J connectivity index is 3.53. The Hall–Kier alpha value is 0.360. The summed E-state index contributed by atoms with van der Waals surface area (Å²) in [6.07, 6.45) is 0. The van der Waals surface area contributed by atoms with E-state index in [1.807, 2.05) is 0 Å². The summed E-state index contributed by atoms with van der Waals surface area (Å²) in [6.45, 7) is 0. The maximum absolute atomic E-state index is 14.1. The third-order valence-corrected chi connectivity index (χ3v) is 8.94. The van der Waals surface area contributed by atoms with Crippen LogP contribution in [-0.4, -0.2) is 33.0 Å². The van der Waals surface area contributed by atoms with Gasteiger partial charge in [0, 0.05) is 14.2 Å². The maximum Gasteiger partial charge on any atom is 0.386 e. The fourth-order valence-electron chi connectivity index (χ4n) is 0.777. The highest BCUT2D eigenvalue weighted by Crippen LogP contribution is 2.81. The lowest BCUT2D eigenvalue weighted by molar-refractivity contribution is 0.405. The van der Waals surface area contributed by atoms with Crippen molar-refractivity contribution in [2.24, 2.45) is 13.5 Å². The number of nitrogens with zero attached hydrogens (tertiary/aromatic N) is 4.